The number of likely N-dealkylation sites (tertiary alicyclic amines) is 1. The number of hydrogen-bond donors (Lipinski definition) is 0. The Morgan fingerprint density at radius 2 is 2.30 bits per heavy atom. The summed E-state index contributed by atoms with van der Waals surface area (Å²) in [7, 11) is 0. The van der Waals surface area contributed by atoms with E-state index in [0.717, 1.165) is 45.6 Å². The van der Waals surface area contributed by atoms with Crippen molar-refractivity contribution >= 4 is 5.91 Å². The number of carbonyl (C=O) groups is 1. The van der Waals surface area contributed by atoms with E-state index >= 15 is 0 Å². The van der Waals surface area contributed by atoms with Crippen LogP contribution in [0.25, 0.3) is 0 Å². The molecule has 3 rings (SSSR count). The molecule has 2 aliphatic rings. The SMILES string of the molecule is CC(=O)N1CCO[C@]2(CCCN(Cc3ccoc3)C2)C1. The van der Waals surface area contributed by atoms with E-state index in [-0.39, 0.29) is 11.5 Å². The molecule has 110 valence electrons. The fraction of sp³-hybridized carbons (Fsp3) is 0.667. The Labute approximate surface area is 119 Å². The molecule has 1 aromatic rings. The van der Waals surface area contributed by atoms with Gasteiger partial charge in [0.1, 0.15) is 0 Å². The quantitative estimate of drug-likeness (QED) is 0.822. The highest BCUT2D eigenvalue weighted by Crippen LogP contribution is 2.29. The van der Waals surface area contributed by atoms with E-state index in [9.17, 15) is 4.79 Å². The van der Waals surface area contributed by atoms with Gasteiger partial charge in [-0.1, -0.05) is 0 Å². The first-order valence-corrected chi connectivity index (χ1v) is 7.30. The minimum atomic E-state index is -0.175. The summed E-state index contributed by atoms with van der Waals surface area (Å²) in [5, 5.41) is 0. The van der Waals surface area contributed by atoms with Crippen LogP contribution in [0.2, 0.25) is 0 Å². The lowest BCUT2D eigenvalue weighted by Gasteiger charge is -2.47. The molecule has 20 heavy (non-hydrogen) atoms. The van der Waals surface area contributed by atoms with Crippen molar-refractivity contribution in [3.05, 3.63) is 24.2 Å². The Morgan fingerprint density at radius 3 is 3.05 bits per heavy atom. The van der Waals surface area contributed by atoms with E-state index in [2.05, 4.69) is 4.90 Å². The molecule has 2 saturated heterocycles. The van der Waals surface area contributed by atoms with Gasteiger partial charge < -0.3 is 14.1 Å². The van der Waals surface area contributed by atoms with Crippen molar-refractivity contribution in [2.75, 3.05) is 32.8 Å². The van der Waals surface area contributed by atoms with Crippen LogP contribution in [0.4, 0.5) is 0 Å². The minimum Gasteiger partial charge on any atom is -0.472 e. The molecule has 0 N–H and O–H groups in total. The van der Waals surface area contributed by atoms with Gasteiger partial charge in [-0.15, -0.1) is 0 Å². The van der Waals surface area contributed by atoms with Gasteiger partial charge in [-0.2, -0.15) is 0 Å². The number of nitrogens with zero attached hydrogens (tertiary/aromatic N) is 2. The van der Waals surface area contributed by atoms with Gasteiger partial charge in [0.15, 0.2) is 0 Å². The van der Waals surface area contributed by atoms with Gasteiger partial charge in [0, 0.05) is 32.1 Å². The summed E-state index contributed by atoms with van der Waals surface area (Å²) in [6, 6.07) is 2.00. The molecule has 1 aromatic heterocycles. The molecule has 0 saturated carbocycles. The first kappa shape index (κ1) is 13.6. The molecule has 3 heterocycles. The van der Waals surface area contributed by atoms with Crippen molar-refractivity contribution in [3.8, 4) is 0 Å². The van der Waals surface area contributed by atoms with Crippen molar-refractivity contribution in [2.24, 2.45) is 0 Å². The smallest absolute Gasteiger partial charge is 0.219 e. The predicted molar refractivity (Wildman–Crippen MR) is 74.2 cm³/mol. The summed E-state index contributed by atoms with van der Waals surface area (Å²) in [4.78, 5) is 15.9. The molecule has 2 fully saturated rings. The minimum absolute atomic E-state index is 0.152. The number of morpholine rings is 1. The van der Waals surface area contributed by atoms with Crippen molar-refractivity contribution in [1.29, 1.82) is 0 Å². The maximum atomic E-state index is 11.6. The number of piperidine rings is 1. The van der Waals surface area contributed by atoms with Crippen LogP contribution in [0.5, 0.6) is 0 Å². The summed E-state index contributed by atoms with van der Waals surface area (Å²) in [6.45, 7) is 6.60. The van der Waals surface area contributed by atoms with Crippen LogP contribution in [0.3, 0.4) is 0 Å². The highest BCUT2D eigenvalue weighted by atomic mass is 16.5. The van der Waals surface area contributed by atoms with Crippen molar-refractivity contribution < 1.29 is 13.9 Å². The molecule has 1 amide bonds. The Balaban J connectivity index is 1.65. The van der Waals surface area contributed by atoms with E-state index in [1.165, 1.54) is 5.56 Å². The Kier molecular flexibility index (Phi) is 3.81. The normalized spacial score (nSPS) is 27.9. The second-order valence-corrected chi connectivity index (χ2v) is 5.92. The zero-order valence-electron chi connectivity index (χ0n) is 12.0. The molecule has 1 spiro atoms. The monoisotopic (exact) mass is 278 g/mol. The van der Waals surface area contributed by atoms with E-state index < -0.39 is 0 Å². The second-order valence-electron chi connectivity index (χ2n) is 5.92. The van der Waals surface area contributed by atoms with Gasteiger partial charge >= 0.3 is 0 Å². The average Bonchev–Trinajstić information content (AvgIpc) is 2.92. The fourth-order valence-electron chi connectivity index (χ4n) is 3.33. The third kappa shape index (κ3) is 2.88. The number of rotatable bonds is 2. The maximum Gasteiger partial charge on any atom is 0.219 e. The number of hydrogen-bond acceptors (Lipinski definition) is 4. The second kappa shape index (κ2) is 5.58. The molecule has 5 nitrogen and oxygen atoms in total. The zero-order chi connectivity index (χ0) is 14.0. The van der Waals surface area contributed by atoms with Crippen molar-refractivity contribution in [2.45, 2.75) is 31.9 Å². The van der Waals surface area contributed by atoms with E-state index in [4.69, 9.17) is 9.15 Å². The molecule has 0 aromatic carbocycles. The summed E-state index contributed by atoms with van der Waals surface area (Å²) in [5.74, 6) is 0.152. The number of amides is 1. The molecule has 0 radical (unpaired) electrons. The first-order valence-electron chi connectivity index (χ1n) is 7.30. The van der Waals surface area contributed by atoms with Crippen LogP contribution < -0.4 is 0 Å². The molecular weight excluding hydrogens is 256 g/mol. The number of ether oxygens (including phenoxy) is 1. The molecule has 1 atom stereocenters. The molecule has 0 unspecified atom stereocenters. The highest BCUT2D eigenvalue weighted by molar-refractivity contribution is 5.73. The highest BCUT2D eigenvalue weighted by Gasteiger charge is 2.41. The third-order valence-electron chi connectivity index (χ3n) is 4.30. The summed E-state index contributed by atoms with van der Waals surface area (Å²) < 4.78 is 11.2. The van der Waals surface area contributed by atoms with Crippen LogP contribution in [-0.4, -0.2) is 54.1 Å². The van der Waals surface area contributed by atoms with Crippen molar-refractivity contribution in [1.82, 2.24) is 9.80 Å². The van der Waals surface area contributed by atoms with E-state index in [1.54, 1.807) is 19.5 Å². The lowest BCUT2D eigenvalue weighted by atomic mass is 9.90. The van der Waals surface area contributed by atoms with Gasteiger partial charge in [-0.3, -0.25) is 9.69 Å². The van der Waals surface area contributed by atoms with Crippen LogP contribution in [-0.2, 0) is 16.1 Å². The molecule has 2 aliphatic heterocycles. The summed E-state index contributed by atoms with van der Waals surface area (Å²) in [6.07, 6.45) is 5.66. The fourth-order valence-corrected chi connectivity index (χ4v) is 3.33. The Morgan fingerprint density at radius 1 is 1.40 bits per heavy atom. The summed E-state index contributed by atoms with van der Waals surface area (Å²) in [5.41, 5.74) is 1.02. The van der Waals surface area contributed by atoms with Gasteiger partial charge in [-0.05, 0) is 25.5 Å². The van der Waals surface area contributed by atoms with E-state index in [0.29, 0.717) is 6.61 Å². The maximum absolute atomic E-state index is 11.6. The standard InChI is InChI=1S/C15H22N2O3/c1-13(18)17-6-8-20-15(12-17)4-2-5-16(11-15)9-14-3-7-19-10-14/h3,7,10H,2,4-6,8-9,11-12H2,1H3/t15-/m0/s1. The van der Waals surface area contributed by atoms with Gasteiger partial charge in [0.05, 0.1) is 31.3 Å². The van der Waals surface area contributed by atoms with Crippen molar-refractivity contribution in [3.63, 3.8) is 0 Å². The molecule has 0 aliphatic carbocycles. The number of carbonyl (C=O) groups excluding carboxylic acids is 1. The van der Waals surface area contributed by atoms with Crippen LogP contribution in [0.15, 0.2) is 23.0 Å². The molecule has 5 heteroatoms. The van der Waals surface area contributed by atoms with Crippen LogP contribution in [0, 0.1) is 0 Å². The average molecular weight is 278 g/mol. The zero-order valence-corrected chi connectivity index (χ0v) is 12.0. The lowest BCUT2D eigenvalue weighted by molar-refractivity contribution is -0.160. The van der Waals surface area contributed by atoms with Crippen LogP contribution >= 0.6 is 0 Å². The molecular formula is C15H22N2O3. The Bertz CT molecular complexity index is 456. The van der Waals surface area contributed by atoms with Gasteiger partial charge in [-0.25, -0.2) is 0 Å². The first-order chi connectivity index (χ1) is 9.67. The molecule has 0 bridgehead atoms. The lowest BCUT2D eigenvalue weighted by Crippen LogP contribution is -2.60. The number of furan rings is 1. The van der Waals surface area contributed by atoms with Gasteiger partial charge in [0.2, 0.25) is 5.91 Å². The Hall–Kier alpha value is -1.33. The van der Waals surface area contributed by atoms with Crippen LogP contribution in [0.1, 0.15) is 25.3 Å². The predicted octanol–water partition coefficient (Wildman–Crippen LogP) is 1.49. The largest absolute Gasteiger partial charge is 0.472 e. The topological polar surface area (TPSA) is 45.9 Å². The third-order valence-corrected chi connectivity index (χ3v) is 4.30. The van der Waals surface area contributed by atoms with E-state index in [1.807, 2.05) is 11.0 Å². The van der Waals surface area contributed by atoms with Gasteiger partial charge in [0.25, 0.3) is 0 Å². The summed E-state index contributed by atoms with van der Waals surface area (Å²) >= 11 is 0.